The SMILES string of the molecule is COc1cc(C(=O)N=c2sn(-c3ccc(Cl)cc3)nc2C(=O)N2CCCCC2)cc(OC)c1OC. The summed E-state index contributed by atoms with van der Waals surface area (Å²) in [7, 11) is 4.42. The van der Waals surface area contributed by atoms with Gasteiger partial charge in [-0.05, 0) is 67.2 Å². The monoisotopic (exact) mass is 516 g/mol. The Bertz CT molecular complexity index is 1270. The number of hydrogen-bond donors (Lipinski definition) is 0. The standard InChI is InChI=1S/C24H25ClN4O5S/c1-32-18-13-15(14-19(33-2)21(18)34-3)22(30)26-23-20(24(31)28-11-5-4-6-12-28)27-29(35-23)17-9-7-16(25)8-10-17/h7-10,13-14H,4-6,11-12H2,1-3H3. The lowest BCUT2D eigenvalue weighted by atomic mass is 10.1. The summed E-state index contributed by atoms with van der Waals surface area (Å²) in [5, 5.41) is 5.09. The molecule has 2 heterocycles. The molecule has 0 bridgehead atoms. The van der Waals surface area contributed by atoms with E-state index in [1.54, 1.807) is 33.2 Å². The Morgan fingerprint density at radius 1 is 0.971 bits per heavy atom. The number of ether oxygens (including phenoxy) is 3. The van der Waals surface area contributed by atoms with Gasteiger partial charge in [-0.3, -0.25) is 9.59 Å². The van der Waals surface area contributed by atoms with Crippen LogP contribution in [0.25, 0.3) is 5.69 Å². The van der Waals surface area contributed by atoms with Crippen LogP contribution in [0, 0.1) is 0 Å². The van der Waals surface area contributed by atoms with Crippen LogP contribution >= 0.6 is 23.1 Å². The fourth-order valence-electron chi connectivity index (χ4n) is 3.77. The highest BCUT2D eigenvalue weighted by Gasteiger charge is 2.24. The Morgan fingerprint density at radius 3 is 2.17 bits per heavy atom. The van der Waals surface area contributed by atoms with E-state index < -0.39 is 5.91 Å². The maximum atomic E-state index is 13.3. The van der Waals surface area contributed by atoms with E-state index in [1.165, 1.54) is 33.5 Å². The number of hydrogen-bond acceptors (Lipinski definition) is 7. The summed E-state index contributed by atoms with van der Waals surface area (Å²) in [5.74, 6) is 0.214. The molecule has 1 aliphatic rings. The number of aromatic nitrogens is 2. The highest BCUT2D eigenvalue weighted by Crippen LogP contribution is 2.38. The number of nitrogens with zero attached hydrogens (tertiary/aromatic N) is 4. The molecule has 0 saturated carbocycles. The van der Waals surface area contributed by atoms with Gasteiger partial charge in [0.15, 0.2) is 21.9 Å². The second-order valence-electron chi connectivity index (χ2n) is 7.78. The minimum atomic E-state index is -0.566. The molecule has 11 heteroatoms. The zero-order valence-electron chi connectivity index (χ0n) is 19.6. The number of piperidine rings is 1. The van der Waals surface area contributed by atoms with Gasteiger partial charge in [0, 0.05) is 23.7 Å². The van der Waals surface area contributed by atoms with Gasteiger partial charge in [-0.2, -0.15) is 9.06 Å². The molecule has 1 aliphatic heterocycles. The largest absolute Gasteiger partial charge is 0.493 e. The Balaban J connectivity index is 1.79. The van der Waals surface area contributed by atoms with Gasteiger partial charge in [-0.1, -0.05) is 11.6 Å². The predicted molar refractivity (Wildman–Crippen MR) is 132 cm³/mol. The van der Waals surface area contributed by atoms with Crippen LogP contribution in [0.2, 0.25) is 5.02 Å². The molecule has 1 saturated heterocycles. The molecule has 0 aliphatic carbocycles. The van der Waals surface area contributed by atoms with Gasteiger partial charge >= 0.3 is 0 Å². The normalized spacial score (nSPS) is 14.1. The number of amides is 2. The molecular formula is C24H25ClN4O5S. The molecule has 0 unspecified atom stereocenters. The summed E-state index contributed by atoms with van der Waals surface area (Å²) in [6.45, 7) is 1.30. The van der Waals surface area contributed by atoms with Crippen LogP contribution in [0.4, 0.5) is 0 Å². The van der Waals surface area contributed by atoms with Crippen molar-refractivity contribution in [2.75, 3.05) is 34.4 Å². The van der Waals surface area contributed by atoms with Crippen molar-refractivity contribution >= 4 is 34.9 Å². The van der Waals surface area contributed by atoms with Crippen molar-refractivity contribution in [1.29, 1.82) is 0 Å². The van der Waals surface area contributed by atoms with Crippen molar-refractivity contribution in [2.45, 2.75) is 19.3 Å². The van der Waals surface area contributed by atoms with E-state index in [9.17, 15) is 9.59 Å². The van der Waals surface area contributed by atoms with Gasteiger partial charge in [0.1, 0.15) is 0 Å². The molecular weight excluding hydrogens is 492 g/mol. The first kappa shape index (κ1) is 24.7. The zero-order chi connectivity index (χ0) is 24.9. The first-order valence-corrected chi connectivity index (χ1v) is 12.1. The van der Waals surface area contributed by atoms with E-state index >= 15 is 0 Å². The van der Waals surface area contributed by atoms with Crippen molar-refractivity contribution in [3.05, 3.63) is 57.3 Å². The number of rotatable bonds is 6. The molecule has 0 spiro atoms. The average Bonchev–Trinajstić information content (AvgIpc) is 3.31. The third kappa shape index (κ3) is 5.33. The van der Waals surface area contributed by atoms with Crippen molar-refractivity contribution in [3.63, 3.8) is 0 Å². The lowest BCUT2D eigenvalue weighted by Gasteiger charge is -2.25. The summed E-state index contributed by atoms with van der Waals surface area (Å²) in [4.78, 5) is 32.6. The first-order valence-electron chi connectivity index (χ1n) is 11.0. The van der Waals surface area contributed by atoms with E-state index in [0.717, 1.165) is 30.8 Å². The molecule has 0 atom stereocenters. The number of benzene rings is 2. The average molecular weight is 517 g/mol. The number of halogens is 1. The lowest BCUT2D eigenvalue weighted by molar-refractivity contribution is 0.0716. The smallest absolute Gasteiger partial charge is 0.278 e. The molecule has 9 nitrogen and oxygen atoms in total. The number of methoxy groups -OCH3 is 3. The minimum Gasteiger partial charge on any atom is -0.493 e. The number of carbonyl (C=O) groups is 2. The van der Waals surface area contributed by atoms with E-state index in [0.29, 0.717) is 41.0 Å². The molecule has 1 aromatic heterocycles. The van der Waals surface area contributed by atoms with Crippen LogP contribution in [0.5, 0.6) is 17.2 Å². The van der Waals surface area contributed by atoms with Crippen LogP contribution in [-0.4, -0.2) is 60.3 Å². The second-order valence-corrected chi connectivity index (χ2v) is 9.13. The molecule has 35 heavy (non-hydrogen) atoms. The summed E-state index contributed by atoms with van der Waals surface area (Å²) in [6.07, 6.45) is 2.95. The summed E-state index contributed by atoms with van der Waals surface area (Å²) in [5.41, 5.74) is 1.06. The highest BCUT2D eigenvalue weighted by molar-refractivity contribution is 7.04. The van der Waals surface area contributed by atoms with Gasteiger partial charge in [-0.15, -0.1) is 5.10 Å². The molecule has 0 radical (unpaired) electrons. The molecule has 2 amide bonds. The molecule has 3 aromatic rings. The van der Waals surface area contributed by atoms with Crippen LogP contribution in [-0.2, 0) is 0 Å². The van der Waals surface area contributed by atoms with E-state index in [1.807, 2.05) is 0 Å². The fraction of sp³-hybridized carbons (Fsp3) is 0.333. The molecule has 4 rings (SSSR count). The lowest BCUT2D eigenvalue weighted by Crippen LogP contribution is -2.38. The number of likely N-dealkylation sites (tertiary alicyclic amines) is 1. The van der Waals surface area contributed by atoms with Gasteiger partial charge in [0.2, 0.25) is 5.75 Å². The minimum absolute atomic E-state index is 0.132. The maximum Gasteiger partial charge on any atom is 0.278 e. The van der Waals surface area contributed by atoms with Crippen LogP contribution in [0.15, 0.2) is 41.4 Å². The molecule has 184 valence electrons. The van der Waals surface area contributed by atoms with Crippen molar-refractivity contribution in [2.24, 2.45) is 4.99 Å². The Morgan fingerprint density at radius 2 is 1.60 bits per heavy atom. The molecule has 1 fully saturated rings. The van der Waals surface area contributed by atoms with E-state index in [4.69, 9.17) is 25.8 Å². The van der Waals surface area contributed by atoms with Crippen LogP contribution < -0.4 is 18.9 Å². The van der Waals surface area contributed by atoms with Crippen molar-refractivity contribution < 1.29 is 23.8 Å². The maximum absolute atomic E-state index is 13.3. The predicted octanol–water partition coefficient (Wildman–Crippen LogP) is 3.98. The third-order valence-corrected chi connectivity index (χ3v) is 6.75. The third-order valence-electron chi connectivity index (χ3n) is 5.57. The first-order chi connectivity index (χ1) is 16.9. The van der Waals surface area contributed by atoms with E-state index in [2.05, 4.69) is 10.1 Å². The van der Waals surface area contributed by atoms with Gasteiger partial charge in [-0.25, -0.2) is 0 Å². The van der Waals surface area contributed by atoms with E-state index in [-0.39, 0.29) is 21.8 Å². The van der Waals surface area contributed by atoms with Gasteiger partial charge < -0.3 is 19.1 Å². The summed E-state index contributed by atoms with van der Waals surface area (Å²) >= 11 is 7.12. The molecule has 2 aromatic carbocycles. The van der Waals surface area contributed by atoms with Gasteiger partial charge in [0.25, 0.3) is 11.8 Å². The molecule has 0 N–H and O–H groups in total. The van der Waals surface area contributed by atoms with Crippen LogP contribution in [0.1, 0.15) is 40.1 Å². The zero-order valence-corrected chi connectivity index (χ0v) is 21.2. The fourth-order valence-corrected chi connectivity index (χ4v) is 4.75. The number of carbonyl (C=O) groups excluding carboxylic acids is 2. The Hall–Kier alpha value is -3.37. The highest BCUT2D eigenvalue weighted by atomic mass is 35.5. The Labute approximate surface area is 211 Å². The van der Waals surface area contributed by atoms with Crippen LogP contribution in [0.3, 0.4) is 0 Å². The quantitative estimate of drug-likeness (QED) is 0.492. The summed E-state index contributed by atoms with van der Waals surface area (Å²) in [6, 6.07) is 10.1. The van der Waals surface area contributed by atoms with Crippen molar-refractivity contribution in [3.8, 4) is 22.9 Å². The topological polar surface area (TPSA) is 95.2 Å². The Kier molecular flexibility index (Phi) is 7.72. The second kappa shape index (κ2) is 10.9. The van der Waals surface area contributed by atoms with Gasteiger partial charge in [0.05, 0.1) is 27.0 Å². The summed E-state index contributed by atoms with van der Waals surface area (Å²) < 4.78 is 17.8. The van der Waals surface area contributed by atoms with Crippen molar-refractivity contribution in [1.82, 2.24) is 14.1 Å².